The molecule has 0 aliphatic rings. The first kappa shape index (κ1) is 22.5. The lowest BCUT2D eigenvalue weighted by atomic mass is 10.3. The van der Waals surface area contributed by atoms with Crippen molar-refractivity contribution in [1.29, 1.82) is 0 Å². The highest BCUT2D eigenvalue weighted by Crippen LogP contribution is 2.31. The van der Waals surface area contributed by atoms with Crippen LogP contribution in [0.3, 0.4) is 0 Å². The predicted molar refractivity (Wildman–Crippen MR) is 124 cm³/mol. The number of hydrogen-bond acceptors (Lipinski definition) is 6. The fourth-order valence-corrected chi connectivity index (χ4v) is 5.58. The van der Waals surface area contributed by atoms with E-state index in [1.54, 1.807) is 18.2 Å². The first-order chi connectivity index (χ1) is 15.2. The van der Waals surface area contributed by atoms with E-state index in [1.807, 2.05) is 0 Å². The van der Waals surface area contributed by atoms with Crippen molar-refractivity contribution in [3.63, 3.8) is 0 Å². The van der Waals surface area contributed by atoms with Crippen LogP contribution in [0.1, 0.15) is 5.82 Å². The average Bonchev–Trinajstić information content (AvgIpc) is 3.12. The van der Waals surface area contributed by atoms with Crippen molar-refractivity contribution in [2.75, 3.05) is 0 Å². The molecule has 0 radical (unpaired) electrons. The molecule has 1 aromatic heterocycles. The Morgan fingerprint density at radius 3 is 2.47 bits per heavy atom. The number of nitro benzene ring substituents is 1. The summed E-state index contributed by atoms with van der Waals surface area (Å²) in [5, 5.41) is 11.0. The molecule has 8 nitrogen and oxygen atoms in total. The van der Waals surface area contributed by atoms with Crippen LogP contribution in [0.25, 0.3) is 11.0 Å². The molecule has 0 aliphatic heterocycles. The van der Waals surface area contributed by atoms with Crippen molar-refractivity contribution in [2.24, 2.45) is 0 Å². The molecule has 32 heavy (non-hydrogen) atoms. The number of halogens is 3. The summed E-state index contributed by atoms with van der Waals surface area (Å²) in [6.45, 7) is -0.221. The summed E-state index contributed by atoms with van der Waals surface area (Å²) < 4.78 is 34.5. The highest BCUT2D eigenvalue weighted by Gasteiger charge is 2.27. The number of imidazole rings is 1. The summed E-state index contributed by atoms with van der Waals surface area (Å²) in [7, 11) is -4.20. The third-order valence-corrected chi connectivity index (χ3v) is 7.42. The first-order valence-electron chi connectivity index (χ1n) is 8.91. The number of nitrogens with zero attached hydrogens (tertiary/aromatic N) is 3. The van der Waals surface area contributed by atoms with Crippen molar-refractivity contribution >= 4 is 65.9 Å². The molecular weight excluding hydrogens is 545 g/mol. The maximum absolute atomic E-state index is 13.6. The molecule has 164 valence electrons. The van der Waals surface area contributed by atoms with Gasteiger partial charge in [-0.25, -0.2) is 17.4 Å². The van der Waals surface area contributed by atoms with Crippen molar-refractivity contribution in [3.8, 4) is 5.75 Å². The Hall–Kier alpha value is -2.66. The van der Waals surface area contributed by atoms with Gasteiger partial charge in [0.05, 0.1) is 21.0 Å². The van der Waals surface area contributed by atoms with Crippen LogP contribution in [0.4, 0.5) is 5.69 Å². The monoisotopic (exact) mass is 555 g/mol. The SMILES string of the molecule is O=[N+]([O-])c1ccc(OCc2nc3ccc(Br)cc3n2S(=O)(=O)c2cc(Cl)ccc2Cl)cc1. The maximum Gasteiger partial charge on any atom is 0.271 e. The minimum Gasteiger partial charge on any atom is -0.486 e. The number of benzene rings is 3. The molecule has 0 aliphatic carbocycles. The zero-order valence-electron chi connectivity index (χ0n) is 15.9. The third-order valence-electron chi connectivity index (χ3n) is 4.47. The molecule has 0 saturated heterocycles. The second kappa shape index (κ2) is 8.70. The van der Waals surface area contributed by atoms with Crippen LogP contribution >= 0.6 is 39.1 Å². The molecule has 0 N–H and O–H groups in total. The van der Waals surface area contributed by atoms with Gasteiger partial charge in [0.15, 0.2) is 5.82 Å². The minimum atomic E-state index is -4.20. The molecule has 0 fully saturated rings. The molecule has 0 unspecified atom stereocenters. The van der Waals surface area contributed by atoms with E-state index in [9.17, 15) is 18.5 Å². The normalized spacial score (nSPS) is 11.6. The zero-order chi connectivity index (χ0) is 23.0. The average molecular weight is 557 g/mol. The Labute approximate surface area is 200 Å². The largest absolute Gasteiger partial charge is 0.486 e. The Morgan fingerprint density at radius 2 is 1.78 bits per heavy atom. The van der Waals surface area contributed by atoms with Crippen LogP contribution in [0.5, 0.6) is 5.75 Å². The predicted octanol–water partition coefficient (Wildman–Crippen LogP) is 5.83. The van der Waals surface area contributed by atoms with Gasteiger partial charge < -0.3 is 4.74 Å². The van der Waals surface area contributed by atoms with Crippen molar-refractivity contribution in [1.82, 2.24) is 8.96 Å². The van der Waals surface area contributed by atoms with Gasteiger partial charge >= 0.3 is 0 Å². The Morgan fingerprint density at radius 1 is 1.06 bits per heavy atom. The van der Waals surface area contributed by atoms with Gasteiger partial charge in [0, 0.05) is 21.6 Å². The molecule has 3 aromatic carbocycles. The second-order valence-corrected chi connectivity index (χ2v) is 10.1. The van der Waals surface area contributed by atoms with Gasteiger partial charge in [-0.15, -0.1) is 0 Å². The van der Waals surface area contributed by atoms with Gasteiger partial charge in [-0.3, -0.25) is 10.1 Å². The van der Waals surface area contributed by atoms with Gasteiger partial charge in [0.1, 0.15) is 17.3 Å². The molecule has 0 bridgehead atoms. The Bertz CT molecular complexity index is 1460. The topological polar surface area (TPSA) is 104 Å². The quantitative estimate of drug-likeness (QED) is 0.218. The van der Waals surface area contributed by atoms with Crippen LogP contribution in [-0.4, -0.2) is 22.3 Å². The highest BCUT2D eigenvalue weighted by atomic mass is 79.9. The number of fused-ring (bicyclic) bond motifs is 1. The van der Waals surface area contributed by atoms with E-state index >= 15 is 0 Å². The summed E-state index contributed by atoms with van der Waals surface area (Å²) in [5.41, 5.74) is 0.655. The van der Waals surface area contributed by atoms with Crippen LogP contribution in [0.15, 0.2) is 70.0 Å². The number of hydrogen-bond donors (Lipinski definition) is 0. The summed E-state index contributed by atoms with van der Waals surface area (Å²) in [5.74, 6) is 0.404. The van der Waals surface area contributed by atoms with Crippen LogP contribution < -0.4 is 4.74 Å². The second-order valence-electron chi connectivity index (χ2n) is 6.54. The maximum atomic E-state index is 13.6. The van der Waals surface area contributed by atoms with E-state index in [1.165, 1.54) is 42.5 Å². The van der Waals surface area contributed by atoms with Crippen LogP contribution in [0.2, 0.25) is 10.0 Å². The molecular formula is C20H12BrCl2N3O5S. The number of ether oxygens (including phenoxy) is 1. The van der Waals surface area contributed by atoms with Gasteiger partial charge in [-0.05, 0) is 48.5 Å². The Kier molecular flexibility index (Phi) is 6.13. The first-order valence-corrected chi connectivity index (χ1v) is 11.9. The molecule has 4 rings (SSSR count). The minimum absolute atomic E-state index is 0.00786. The summed E-state index contributed by atoms with van der Waals surface area (Å²) >= 11 is 15.5. The summed E-state index contributed by atoms with van der Waals surface area (Å²) in [4.78, 5) is 14.5. The van der Waals surface area contributed by atoms with Gasteiger partial charge in [0.25, 0.3) is 15.7 Å². The van der Waals surface area contributed by atoms with E-state index in [-0.39, 0.29) is 33.1 Å². The zero-order valence-corrected chi connectivity index (χ0v) is 19.8. The molecule has 1 heterocycles. The fourth-order valence-electron chi connectivity index (χ4n) is 3.02. The molecule has 0 amide bonds. The summed E-state index contributed by atoms with van der Waals surface area (Å²) in [6, 6.07) is 14.6. The van der Waals surface area contributed by atoms with E-state index in [0.29, 0.717) is 21.3 Å². The molecule has 0 atom stereocenters. The van der Waals surface area contributed by atoms with E-state index in [4.69, 9.17) is 27.9 Å². The van der Waals surface area contributed by atoms with Crippen molar-refractivity contribution < 1.29 is 18.1 Å². The molecule has 0 spiro atoms. The fraction of sp³-hybridized carbons (Fsp3) is 0.0500. The number of aromatic nitrogens is 2. The van der Waals surface area contributed by atoms with Gasteiger partial charge in [-0.1, -0.05) is 39.1 Å². The molecule has 4 aromatic rings. The number of rotatable bonds is 6. The van der Waals surface area contributed by atoms with Crippen LogP contribution in [-0.2, 0) is 16.6 Å². The molecule has 12 heteroatoms. The standard InChI is InChI=1S/C20H12BrCl2N3O5S/c21-12-1-8-17-18(9-12)25(32(29,30)19-10-13(22)2-7-16(19)23)20(24-17)11-31-15-5-3-14(4-6-15)26(27)28/h1-10H,11H2. The number of non-ortho nitro benzene ring substituents is 1. The van der Waals surface area contributed by atoms with Crippen molar-refractivity contribution in [3.05, 3.63) is 91.1 Å². The lowest BCUT2D eigenvalue weighted by Crippen LogP contribution is -2.18. The Balaban J connectivity index is 1.80. The van der Waals surface area contributed by atoms with E-state index in [2.05, 4.69) is 20.9 Å². The van der Waals surface area contributed by atoms with Gasteiger partial charge in [-0.2, -0.15) is 0 Å². The van der Waals surface area contributed by atoms with E-state index in [0.717, 1.165) is 3.97 Å². The van der Waals surface area contributed by atoms with Crippen LogP contribution in [0, 0.1) is 10.1 Å². The lowest BCUT2D eigenvalue weighted by molar-refractivity contribution is -0.384. The number of nitro groups is 1. The van der Waals surface area contributed by atoms with E-state index < -0.39 is 14.9 Å². The third kappa shape index (κ3) is 4.31. The van der Waals surface area contributed by atoms with Crippen molar-refractivity contribution in [2.45, 2.75) is 11.5 Å². The summed E-state index contributed by atoms with van der Waals surface area (Å²) in [6.07, 6.45) is 0. The highest BCUT2D eigenvalue weighted by molar-refractivity contribution is 9.10. The van der Waals surface area contributed by atoms with Gasteiger partial charge in [0.2, 0.25) is 0 Å². The lowest BCUT2D eigenvalue weighted by Gasteiger charge is -2.13. The smallest absolute Gasteiger partial charge is 0.271 e. The molecule has 0 saturated carbocycles.